The minimum atomic E-state index is -0.147. The molecule has 2 N–H and O–H groups in total. The second kappa shape index (κ2) is 6.17. The van der Waals surface area contributed by atoms with E-state index in [-0.39, 0.29) is 12.1 Å². The van der Waals surface area contributed by atoms with Gasteiger partial charge in [-0.25, -0.2) is 0 Å². The van der Waals surface area contributed by atoms with Crippen LogP contribution in [0.5, 0.6) is 0 Å². The van der Waals surface area contributed by atoms with Gasteiger partial charge in [-0.3, -0.25) is 0 Å². The SMILES string of the molecule is CC(CO)(NC1CCCCCC1)C1CCOC1. The molecule has 0 aromatic carbocycles. The first-order valence-electron chi connectivity index (χ1n) is 7.21. The molecule has 2 fully saturated rings. The lowest BCUT2D eigenvalue weighted by molar-refractivity contribution is 0.0881. The molecule has 1 saturated heterocycles. The predicted octanol–water partition coefficient (Wildman–Crippen LogP) is 2.09. The summed E-state index contributed by atoms with van der Waals surface area (Å²) < 4.78 is 5.47. The number of aliphatic hydroxyl groups is 1. The van der Waals surface area contributed by atoms with E-state index in [0.717, 1.165) is 19.6 Å². The lowest BCUT2D eigenvalue weighted by Gasteiger charge is -2.38. The van der Waals surface area contributed by atoms with Gasteiger partial charge in [-0.1, -0.05) is 25.7 Å². The Kier molecular flexibility index (Phi) is 4.83. The molecule has 0 spiro atoms. The van der Waals surface area contributed by atoms with Crippen LogP contribution in [0.1, 0.15) is 51.9 Å². The number of rotatable bonds is 4. The van der Waals surface area contributed by atoms with Gasteiger partial charge in [0.1, 0.15) is 0 Å². The van der Waals surface area contributed by atoms with Crippen molar-refractivity contribution in [1.82, 2.24) is 5.32 Å². The van der Waals surface area contributed by atoms with E-state index in [1.807, 2.05) is 0 Å². The molecule has 1 saturated carbocycles. The Balaban J connectivity index is 1.92. The van der Waals surface area contributed by atoms with Crippen molar-refractivity contribution in [1.29, 1.82) is 0 Å². The minimum Gasteiger partial charge on any atom is -0.394 e. The summed E-state index contributed by atoms with van der Waals surface area (Å²) in [5.41, 5.74) is -0.147. The molecule has 0 aromatic rings. The Labute approximate surface area is 105 Å². The fourth-order valence-corrected chi connectivity index (χ4v) is 3.22. The van der Waals surface area contributed by atoms with Crippen LogP contribution >= 0.6 is 0 Å². The predicted molar refractivity (Wildman–Crippen MR) is 69.0 cm³/mol. The fraction of sp³-hybridized carbons (Fsp3) is 1.00. The minimum absolute atomic E-state index is 0.147. The zero-order valence-corrected chi connectivity index (χ0v) is 11.1. The molecule has 2 aliphatic rings. The van der Waals surface area contributed by atoms with Gasteiger partial charge in [-0.15, -0.1) is 0 Å². The van der Waals surface area contributed by atoms with E-state index < -0.39 is 0 Å². The molecule has 0 radical (unpaired) electrons. The summed E-state index contributed by atoms with van der Waals surface area (Å²) in [5, 5.41) is 13.5. The first-order chi connectivity index (χ1) is 8.24. The van der Waals surface area contributed by atoms with Crippen molar-refractivity contribution in [2.45, 2.75) is 63.5 Å². The molecule has 2 rings (SSSR count). The average Bonchev–Trinajstić information content (AvgIpc) is 2.77. The van der Waals surface area contributed by atoms with Crippen LogP contribution in [0, 0.1) is 5.92 Å². The van der Waals surface area contributed by atoms with Gasteiger partial charge < -0.3 is 15.2 Å². The summed E-state index contributed by atoms with van der Waals surface area (Å²) in [6, 6.07) is 0.593. The van der Waals surface area contributed by atoms with Gasteiger partial charge in [0.15, 0.2) is 0 Å². The molecule has 3 nitrogen and oxygen atoms in total. The third-order valence-corrected chi connectivity index (χ3v) is 4.55. The highest BCUT2D eigenvalue weighted by Gasteiger charge is 2.37. The first kappa shape index (κ1) is 13.3. The molecular weight excluding hydrogens is 214 g/mol. The van der Waals surface area contributed by atoms with E-state index in [1.54, 1.807) is 0 Å². The maximum Gasteiger partial charge on any atom is 0.0614 e. The second-order valence-electron chi connectivity index (χ2n) is 5.97. The highest BCUT2D eigenvalue weighted by atomic mass is 16.5. The van der Waals surface area contributed by atoms with Crippen LogP contribution in [0.25, 0.3) is 0 Å². The van der Waals surface area contributed by atoms with Crippen molar-refractivity contribution >= 4 is 0 Å². The summed E-state index contributed by atoms with van der Waals surface area (Å²) in [6.07, 6.45) is 9.03. The molecule has 0 amide bonds. The first-order valence-corrected chi connectivity index (χ1v) is 7.21. The molecule has 1 aliphatic heterocycles. The largest absolute Gasteiger partial charge is 0.394 e. The zero-order valence-electron chi connectivity index (χ0n) is 11.1. The Bertz CT molecular complexity index is 220. The summed E-state index contributed by atoms with van der Waals surface area (Å²) >= 11 is 0. The molecular formula is C14H27NO2. The molecule has 2 atom stereocenters. The van der Waals surface area contributed by atoms with E-state index in [4.69, 9.17) is 4.74 Å². The fourth-order valence-electron chi connectivity index (χ4n) is 3.22. The quantitative estimate of drug-likeness (QED) is 0.741. The topological polar surface area (TPSA) is 41.5 Å². The van der Waals surface area contributed by atoms with Crippen molar-refractivity contribution in [3.05, 3.63) is 0 Å². The average molecular weight is 241 g/mol. The maximum absolute atomic E-state index is 9.73. The Hall–Kier alpha value is -0.120. The Morgan fingerprint density at radius 1 is 1.18 bits per heavy atom. The molecule has 17 heavy (non-hydrogen) atoms. The molecule has 0 bridgehead atoms. The lowest BCUT2D eigenvalue weighted by Crippen LogP contribution is -2.56. The van der Waals surface area contributed by atoms with Crippen LogP contribution in [0.4, 0.5) is 0 Å². The van der Waals surface area contributed by atoms with Crippen LogP contribution in [0.2, 0.25) is 0 Å². The van der Waals surface area contributed by atoms with Gasteiger partial charge in [0.05, 0.1) is 13.2 Å². The monoisotopic (exact) mass is 241 g/mol. The standard InChI is InChI=1S/C14H27NO2/c1-14(11-16,12-8-9-17-10-12)15-13-6-4-2-3-5-7-13/h12-13,15-16H,2-11H2,1H3. The Morgan fingerprint density at radius 2 is 1.88 bits per heavy atom. The van der Waals surface area contributed by atoms with Crippen LogP contribution in [0.15, 0.2) is 0 Å². The van der Waals surface area contributed by atoms with Crippen molar-refractivity contribution in [2.24, 2.45) is 5.92 Å². The van der Waals surface area contributed by atoms with Crippen molar-refractivity contribution in [2.75, 3.05) is 19.8 Å². The van der Waals surface area contributed by atoms with Crippen LogP contribution in [-0.4, -0.2) is 36.5 Å². The number of ether oxygens (including phenoxy) is 1. The molecule has 100 valence electrons. The third kappa shape index (κ3) is 3.43. The molecule has 1 aliphatic carbocycles. The van der Waals surface area contributed by atoms with Gasteiger partial charge in [-0.05, 0) is 26.2 Å². The zero-order chi connectivity index (χ0) is 12.1. The van der Waals surface area contributed by atoms with E-state index in [9.17, 15) is 5.11 Å². The van der Waals surface area contributed by atoms with Gasteiger partial charge in [-0.2, -0.15) is 0 Å². The normalized spacial score (nSPS) is 31.1. The van der Waals surface area contributed by atoms with Gasteiger partial charge in [0.2, 0.25) is 0 Å². The summed E-state index contributed by atoms with van der Waals surface area (Å²) in [5.74, 6) is 0.468. The van der Waals surface area contributed by atoms with E-state index in [0.29, 0.717) is 12.0 Å². The lowest BCUT2D eigenvalue weighted by atomic mass is 9.84. The second-order valence-corrected chi connectivity index (χ2v) is 5.97. The van der Waals surface area contributed by atoms with E-state index >= 15 is 0 Å². The Morgan fingerprint density at radius 3 is 2.41 bits per heavy atom. The van der Waals surface area contributed by atoms with Crippen molar-refractivity contribution in [3.63, 3.8) is 0 Å². The maximum atomic E-state index is 9.73. The van der Waals surface area contributed by atoms with E-state index in [1.165, 1.54) is 38.5 Å². The number of aliphatic hydroxyl groups excluding tert-OH is 1. The highest BCUT2D eigenvalue weighted by molar-refractivity contribution is 4.94. The summed E-state index contributed by atoms with van der Waals surface area (Å²) in [4.78, 5) is 0. The molecule has 1 heterocycles. The van der Waals surface area contributed by atoms with Gasteiger partial charge in [0, 0.05) is 24.1 Å². The number of hydrogen-bond acceptors (Lipinski definition) is 3. The number of hydrogen-bond donors (Lipinski definition) is 2. The van der Waals surface area contributed by atoms with Crippen molar-refractivity contribution in [3.8, 4) is 0 Å². The summed E-state index contributed by atoms with van der Waals surface area (Å²) in [6.45, 7) is 4.04. The van der Waals surface area contributed by atoms with Crippen LogP contribution < -0.4 is 5.32 Å². The smallest absolute Gasteiger partial charge is 0.0614 e. The van der Waals surface area contributed by atoms with E-state index in [2.05, 4.69) is 12.2 Å². The molecule has 2 unspecified atom stereocenters. The molecule has 3 heteroatoms. The van der Waals surface area contributed by atoms with Gasteiger partial charge >= 0.3 is 0 Å². The highest BCUT2D eigenvalue weighted by Crippen LogP contribution is 2.28. The van der Waals surface area contributed by atoms with Crippen LogP contribution in [0.3, 0.4) is 0 Å². The van der Waals surface area contributed by atoms with Crippen molar-refractivity contribution < 1.29 is 9.84 Å². The van der Waals surface area contributed by atoms with Crippen LogP contribution in [-0.2, 0) is 4.74 Å². The van der Waals surface area contributed by atoms with Gasteiger partial charge in [0.25, 0.3) is 0 Å². The third-order valence-electron chi connectivity index (χ3n) is 4.55. The number of nitrogens with one attached hydrogen (secondary N) is 1. The molecule has 0 aromatic heterocycles. The summed E-state index contributed by atoms with van der Waals surface area (Å²) in [7, 11) is 0.